The average Bonchev–Trinajstić information content (AvgIpc) is 2.67. The van der Waals surface area contributed by atoms with Crippen molar-refractivity contribution < 1.29 is 8.42 Å². The molecule has 1 aromatic rings. The Hall–Kier alpha value is -0.620. The molecule has 1 heterocycles. The van der Waals surface area contributed by atoms with Crippen molar-refractivity contribution in [3.63, 3.8) is 0 Å². The van der Waals surface area contributed by atoms with E-state index < -0.39 is 10.0 Å². The van der Waals surface area contributed by atoms with Crippen LogP contribution in [0.25, 0.3) is 0 Å². The fourth-order valence-electron chi connectivity index (χ4n) is 2.33. The second kappa shape index (κ2) is 6.22. The molecule has 0 saturated carbocycles. The van der Waals surface area contributed by atoms with E-state index >= 15 is 0 Å². The monoisotopic (exact) mass is 302 g/mol. The largest absolute Gasteiger partial charge is 0.317 e. The number of benzene rings is 1. The zero-order valence-electron chi connectivity index (χ0n) is 11.0. The molecule has 0 spiro atoms. The van der Waals surface area contributed by atoms with Crippen LogP contribution >= 0.6 is 11.6 Å². The van der Waals surface area contributed by atoms with Crippen LogP contribution < -0.4 is 5.32 Å². The van der Waals surface area contributed by atoms with E-state index in [0.717, 1.165) is 32.4 Å². The van der Waals surface area contributed by atoms with Gasteiger partial charge < -0.3 is 5.32 Å². The number of nitrogens with zero attached hydrogens (tertiary/aromatic N) is 1. The molecule has 0 aromatic heterocycles. The number of hydrogen-bond acceptors (Lipinski definition) is 3. The fraction of sp³-hybridized carbons (Fsp3) is 0.538. The molecule has 1 fully saturated rings. The zero-order valence-corrected chi connectivity index (χ0v) is 12.5. The summed E-state index contributed by atoms with van der Waals surface area (Å²) in [6.07, 6.45) is 2.75. The van der Waals surface area contributed by atoms with Crippen LogP contribution in [0.4, 0.5) is 0 Å². The van der Waals surface area contributed by atoms with Gasteiger partial charge in [0.05, 0.1) is 4.90 Å². The maximum atomic E-state index is 12.5. The Kier molecular flexibility index (Phi) is 4.84. The highest BCUT2D eigenvalue weighted by atomic mass is 35.5. The molecule has 106 valence electrons. The summed E-state index contributed by atoms with van der Waals surface area (Å²) in [6, 6.07) is 6.40. The fourth-order valence-corrected chi connectivity index (χ4v) is 3.88. The van der Waals surface area contributed by atoms with Gasteiger partial charge in [-0.2, -0.15) is 4.31 Å². The van der Waals surface area contributed by atoms with E-state index in [-0.39, 0.29) is 6.04 Å². The highest BCUT2D eigenvalue weighted by molar-refractivity contribution is 7.89. The highest BCUT2D eigenvalue weighted by Crippen LogP contribution is 2.22. The molecular formula is C13H19ClN2O2S. The van der Waals surface area contributed by atoms with Crippen LogP contribution in [0.15, 0.2) is 29.2 Å². The second-order valence-corrected chi connectivity index (χ2v) is 7.24. The number of hydrogen-bond donors (Lipinski definition) is 1. The summed E-state index contributed by atoms with van der Waals surface area (Å²) in [5.41, 5.74) is 0. The first-order valence-electron chi connectivity index (χ1n) is 6.46. The van der Waals surface area contributed by atoms with Gasteiger partial charge in [0.25, 0.3) is 0 Å². The average molecular weight is 303 g/mol. The SMILES string of the molecule is CN(C1CCCNCC1)S(=O)(=O)c1ccc(Cl)cc1. The molecule has 1 atom stereocenters. The number of rotatable bonds is 3. The molecular weight excluding hydrogens is 284 g/mol. The third kappa shape index (κ3) is 3.48. The first-order valence-corrected chi connectivity index (χ1v) is 8.28. The molecule has 19 heavy (non-hydrogen) atoms. The summed E-state index contributed by atoms with van der Waals surface area (Å²) in [4.78, 5) is 0.302. The van der Waals surface area contributed by atoms with Gasteiger partial charge in [0, 0.05) is 18.1 Å². The van der Waals surface area contributed by atoms with E-state index in [1.165, 1.54) is 4.31 Å². The third-order valence-electron chi connectivity index (χ3n) is 3.55. The van der Waals surface area contributed by atoms with E-state index in [2.05, 4.69) is 5.32 Å². The Morgan fingerprint density at radius 2 is 1.89 bits per heavy atom. The van der Waals surface area contributed by atoms with Gasteiger partial charge in [-0.1, -0.05) is 11.6 Å². The van der Waals surface area contributed by atoms with Crippen molar-refractivity contribution in [1.82, 2.24) is 9.62 Å². The van der Waals surface area contributed by atoms with Crippen molar-refractivity contribution in [1.29, 1.82) is 0 Å². The summed E-state index contributed by atoms with van der Waals surface area (Å²) in [6.45, 7) is 1.83. The van der Waals surface area contributed by atoms with Crippen molar-refractivity contribution in [2.75, 3.05) is 20.1 Å². The Bertz CT molecular complexity index is 508. The molecule has 1 aromatic carbocycles. The summed E-state index contributed by atoms with van der Waals surface area (Å²) < 4.78 is 26.5. The van der Waals surface area contributed by atoms with Crippen LogP contribution in [0.5, 0.6) is 0 Å². The molecule has 0 aliphatic carbocycles. The van der Waals surface area contributed by atoms with Gasteiger partial charge in [0.2, 0.25) is 10.0 Å². The van der Waals surface area contributed by atoms with Crippen LogP contribution in [0, 0.1) is 0 Å². The van der Waals surface area contributed by atoms with Crippen molar-refractivity contribution in [3.8, 4) is 0 Å². The predicted molar refractivity (Wildman–Crippen MR) is 76.9 cm³/mol. The van der Waals surface area contributed by atoms with Gasteiger partial charge in [-0.05, 0) is 56.6 Å². The van der Waals surface area contributed by atoms with Gasteiger partial charge in [-0.3, -0.25) is 0 Å². The number of nitrogens with one attached hydrogen (secondary N) is 1. The highest BCUT2D eigenvalue weighted by Gasteiger charge is 2.28. The van der Waals surface area contributed by atoms with E-state index in [4.69, 9.17) is 11.6 Å². The summed E-state index contributed by atoms with van der Waals surface area (Å²) in [5.74, 6) is 0. The second-order valence-electron chi connectivity index (χ2n) is 4.81. The zero-order chi connectivity index (χ0) is 13.9. The smallest absolute Gasteiger partial charge is 0.243 e. The van der Waals surface area contributed by atoms with Crippen LogP contribution in [-0.2, 0) is 10.0 Å². The number of halogens is 1. The van der Waals surface area contributed by atoms with Gasteiger partial charge >= 0.3 is 0 Å². The molecule has 0 radical (unpaired) electrons. The topological polar surface area (TPSA) is 49.4 Å². The quantitative estimate of drug-likeness (QED) is 0.930. The van der Waals surface area contributed by atoms with E-state index in [1.807, 2.05) is 0 Å². The van der Waals surface area contributed by atoms with Gasteiger partial charge in [-0.25, -0.2) is 8.42 Å². The normalized spacial score (nSPS) is 21.3. The maximum absolute atomic E-state index is 12.5. The third-order valence-corrected chi connectivity index (χ3v) is 5.73. The Balaban J connectivity index is 2.20. The van der Waals surface area contributed by atoms with Crippen molar-refractivity contribution in [3.05, 3.63) is 29.3 Å². The predicted octanol–water partition coefficient (Wildman–Crippen LogP) is 2.10. The van der Waals surface area contributed by atoms with Crippen LogP contribution in [0.1, 0.15) is 19.3 Å². The standard InChI is InChI=1S/C13H19ClN2O2S/c1-16(12-3-2-9-15-10-8-12)19(17,18)13-6-4-11(14)5-7-13/h4-7,12,15H,2-3,8-10H2,1H3. The maximum Gasteiger partial charge on any atom is 0.243 e. The molecule has 1 saturated heterocycles. The summed E-state index contributed by atoms with van der Waals surface area (Å²) in [5, 5.41) is 3.83. The molecule has 1 N–H and O–H groups in total. The van der Waals surface area contributed by atoms with Crippen molar-refractivity contribution >= 4 is 21.6 Å². The lowest BCUT2D eigenvalue weighted by molar-refractivity contribution is 0.341. The minimum Gasteiger partial charge on any atom is -0.317 e. The molecule has 2 rings (SSSR count). The molecule has 4 nitrogen and oxygen atoms in total. The van der Waals surface area contributed by atoms with Gasteiger partial charge in [0.15, 0.2) is 0 Å². The minimum absolute atomic E-state index is 0.0654. The lowest BCUT2D eigenvalue weighted by Crippen LogP contribution is -2.37. The Morgan fingerprint density at radius 3 is 2.58 bits per heavy atom. The van der Waals surface area contributed by atoms with E-state index in [1.54, 1.807) is 31.3 Å². The Morgan fingerprint density at radius 1 is 1.21 bits per heavy atom. The first-order chi connectivity index (χ1) is 9.01. The van der Waals surface area contributed by atoms with Crippen molar-refractivity contribution in [2.45, 2.75) is 30.2 Å². The summed E-state index contributed by atoms with van der Waals surface area (Å²) >= 11 is 5.79. The molecule has 1 unspecified atom stereocenters. The number of sulfonamides is 1. The van der Waals surface area contributed by atoms with E-state index in [9.17, 15) is 8.42 Å². The van der Waals surface area contributed by atoms with Gasteiger partial charge in [-0.15, -0.1) is 0 Å². The summed E-state index contributed by atoms with van der Waals surface area (Å²) in [7, 11) is -1.76. The molecule has 0 bridgehead atoms. The lowest BCUT2D eigenvalue weighted by Gasteiger charge is -2.26. The molecule has 1 aliphatic rings. The van der Waals surface area contributed by atoms with Crippen LogP contribution in [0.2, 0.25) is 5.02 Å². The van der Waals surface area contributed by atoms with E-state index in [0.29, 0.717) is 9.92 Å². The minimum atomic E-state index is -3.42. The first kappa shape index (κ1) is 14.8. The lowest BCUT2D eigenvalue weighted by atomic mass is 10.1. The molecule has 6 heteroatoms. The van der Waals surface area contributed by atoms with Crippen LogP contribution in [-0.4, -0.2) is 38.9 Å². The van der Waals surface area contributed by atoms with Gasteiger partial charge in [0.1, 0.15) is 0 Å². The molecule has 1 aliphatic heterocycles. The van der Waals surface area contributed by atoms with Crippen molar-refractivity contribution in [2.24, 2.45) is 0 Å². The Labute approximate surface area is 119 Å². The van der Waals surface area contributed by atoms with Crippen LogP contribution in [0.3, 0.4) is 0 Å². The molecule has 0 amide bonds.